The summed E-state index contributed by atoms with van der Waals surface area (Å²) in [7, 11) is 1.70. The molecule has 1 aromatic carbocycles. The lowest BCUT2D eigenvalue weighted by Gasteiger charge is -2.27. The Morgan fingerprint density at radius 3 is 2.63 bits per heavy atom. The number of carbonyl (C=O) groups excluding carboxylic acids is 1. The van der Waals surface area contributed by atoms with E-state index in [0.29, 0.717) is 11.4 Å². The van der Waals surface area contributed by atoms with Gasteiger partial charge in [0.25, 0.3) is 0 Å². The minimum Gasteiger partial charge on any atom is -0.446 e. The summed E-state index contributed by atoms with van der Waals surface area (Å²) in [5, 5.41) is 2.69. The molecule has 0 bridgehead atoms. The summed E-state index contributed by atoms with van der Waals surface area (Å²) < 4.78 is 10.7. The van der Waals surface area contributed by atoms with Gasteiger partial charge in [-0.15, -0.1) is 0 Å². The molecule has 0 spiro atoms. The number of hydrogen-bond donors (Lipinski definition) is 2. The number of ether oxygens (including phenoxy) is 2. The first-order valence-electron chi connectivity index (χ1n) is 6.53. The molecule has 2 unspecified atom stereocenters. The predicted molar refractivity (Wildman–Crippen MR) is 74.0 cm³/mol. The molecule has 1 amide bonds. The van der Waals surface area contributed by atoms with Crippen molar-refractivity contribution in [2.75, 3.05) is 18.2 Å². The van der Waals surface area contributed by atoms with E-state index in [1.54, 1.807) is 31.4 Å². The summed E-state index contributed by atoms with van der Waals surface area (Å²) in [6.45, 7) is 0. The van der Waals surface area contributed by atoms with Gasteiger partial charge in [-0.25, -0.2) is 4.79 Å². The van der Waals surface area contributed by atoms with Crippen LogP contribution in [0.3, 0.4) is 0 Å². The second kappa shape index (κ2) is 6.43. The van der Waals surface area contributed by atoms with Gasteiger partial charge in [0.15, 0.2) is 0 Å². The van der Waals surface area contributed by atoms with Crippen LogP contribution >= 0.6 is 0 Å². The molecule has 5 nitrogen and oxygen atoms in total. The van der Waals surface area contributed by atoms with E-state index in [-0.39, 0.29) is 12.2 Å². The van der Waals surface area contributed by atoms with E-state index in [4.69, 9.17) is 15.2 Å². The maximum absolute atomic E-state index is 11.8. The van der Waals surface area contributed by atoms with Crippen molar-refractivity contribution in [1.82, 2.24) is 0 Å². The third-order valence-electron chi connectivity index (χ3n) is 3.34. The van der Waals surface area contributed by atoms with Crippen LogP contribution in [0.1, 0.15) is 25.7 Å². The number of nitrogens with one attached hydrogen (secondary N) is 1. The summed E-state index contributed by atoms with van der Waals surface area (Å²) in [5.74, 6) is 0. The van der Waals surface area contributed by atoms with Crippen molar-refractivity contribution in [2.24, 2.45) is 0 Å². The number of benzene rings is 1. The number of carbonyl (C=O) groups is 1. The first-order valence-corrected chi connectivity index (χ1v) is 6.53. The van der Waals surface area contributed by atoms with Gasteiger partial charge in [-0.2, -0.15) is 0 Å². The van der Waals surface area contributed by atoms with Crippen LogP contribution in [-0.4, -0.2) is 25.4 Å². The lowest BCUT2D eigenvalue weighted by Crippen LogP contribution is -2.30. The molecule has 2 rings (SSSR count). The van der Waals surface area contributed by atoms with E-state index < -0.39 is 6.09 Å². The van der Waals surface area contributed by atoms with Crippen LogP contribution in [0.4, 0.5) is 16.2 Å². The summed E-state index contributed by atoms with van der Waals surface area (Å²) in [5.41, 5.74) is 6.92. The molecule has 0 heterocycles. The van der Waals surface area contributed by atoms with E-state index >= 15 is 0 Å². The molecule has 0 aromatic heterocycles. The van der Waals surface area contributed by atoms with Gasteiger partial charge in [0, 0.05) is 24.9 Å². The number of anilines is 2. The Kier molecular flexibility index (Phi) is 4.63. The van der Waals surface area contributed by atoms with Crippen LogP contribution < -0.4 is 11.1 Å². The second-order valence-corrected chi connectivity index (χ2v) is 4.80. The molecule has 19 heavy (non-hydrogen) atoms. The van der Waals surface area contributed by atoms with Gasteiger partial charge in [0.05, 0.1) is 6.10 Å². The molecule has 1 fully saturated rings. The zero-order chi connectivity index (χ0) is 13.7. The standard InChI is InChI=1S/C14H20N2O3/c1-18-12-3-2-4-13(9-12)19-14(17)16-11-7-5-10(15)6-8-11/h5-8,12-13H,2-4,9,15H2,1H3,(H,16,17). The van der Waals surface area contributed by atoms with E-state index in [1.165, 1.54) is 0 Å². The molecule has 3 N–H and O–H groups in total. The van der Waals surface area contributed by atoms with Crippen molar-refractivity contribution in [1.29, 1.82) is 0 Å². The zero-order valence-corrected chi connectivity index (χ0v) is 11.1. The maximum Gasteiger partial charge on any atom is 0.411 e. The Morgan fingerprint density at radius 1 is 1.26 bits per heavy atom. The van der Waals surface area contributed by atoms with Gasteiger partial charge in [-0.3, -0.25) is 5.32 Å². The third kappa shape index (κ3) is 4.13. The van der Waals surface area contributed by atoms with Crippen LogP contribution in [0.5, 0.6) is 0 Å². The first-order chi connectivity index (χ1) is 9.17. The van der Waals surface area contributed by atoms with Crippen LogP contribution in [0.15, 0.2) is 24.3 Å². The normalized spacial score (nSPS) is 22.8. The third-order valence-corrected chi connectivity index (χ3v) is 3.34. The van der Waals surface area contributed by atoms with E-state index in [2.05, 4.69) is 5.32 Å². The van der Waals surface area contributed by atoms with E-state index in [0.717, 1.165) is 25.7 Å². The fraction of sp³-hybridized carbons (Fsp3) is 0.500. The number of hydrogen-bond acceptors (Lipinski definition) is 4. The molecule has 0 radical (unpaired) electrons. The Morgan fingerprint density at radius 2 is 1.95 bits per heavy atom. The lowest BCUT2D eigenvalue weighted by atomic mass is 9.95. The monoisotopic (exact) mass is 264 g/mol. The fourth-order valence-corrected chi connectivity index (χ4v) is 2.29. The molecule has 1 aromatic rings. The van der Waals surface area contributed by atoms with Gasteiger partial charge in [0.1, 0.15) is 6.10 Å². The van der Waals surface area contributed by atoms with Gasteiger partial charge >= 0.3 is 6.09 Å². The second-order valence-electron chi connectivity index (χ2n) is 4.80. The van der Waals surface area contributed by atoms with Crippen molar-refractivity contribution < 1.29 is 14.3 Å². The minimum absolute atomic E-state index is 0.0625. The largest absolute Gasteiger partial charge is 0.446 e. The molecule has 0 saturated heterocycles. The van der Waals surface area contributed by atoms with Crippen LogP contribution in [0, 0.1) is 0 Å². The van der Waals surface area contributed by atoms with Crippen molar-refractivity contribution >= 4 is 17.5 Å². The Hall–Kier alpha value is -1.75. The highest BCUT2D eigenvalue weighted by Gasteiger charge is 2.24. The number of nitrogens with two attached hydrogens (primary N) is 1. The molecular weight excluding hydrogens is 244 g/mol. The molecular formula is C14H20N2O3. The van der Waals surface area contributed by atoms with Crippen LogP contribution in [0.2, 0.25) is 0 Å². The first kappa shape index (κ1) is 13.7. The average molecular weight is 264 g/mol. The molecule has 5 heteroatoms. The van der Waals surface area contributed by atoms with Gasteiger partial charge in [-0.1, -0.05) is 0 Å². The smallest absolute Gasteiger partial charge is 0.411 e. The number of nitrogen functional groups attached to an aromatic ring is 1. The molecule has 1 aliphatic carbocycles. The average Bonchev–Trinajstić information content (AvgIpc) is 2.41. The molecule has 0 aliphatic heterocycles. The van der Waals surface area contributed by atoms with Crippen molar-refractivity contribution in [3.05, 3.63) is 24.3 Å². The maximum atomic E-state index is 11.8. The van der Waals surface area contributed by atoms with Gasteiger partial charge in [-0.05, 0) is 43.5 Å². The predicted octanol–water partition coefficient (Wildman–Crippen LogP) is 2.77. The Labute approximate surface area is 113 Å². The lowest BCUT2D eigenvalue weighted by molar-refractivity contribution is 0.00480. The van der Waals surface area contributed by atoms with Crippen molar-refractivity contribution in [2.45, 2.75) is 37.9 Å². The number of methoxy groups -OCH3 is 1. The fourth-order valence-electron chi connectivity index (χ4n) is 2.29. The molecule has 104 valence electrons. The molecule has 2 atom stereocenters. The quantitative estimate of drug-likeness (QED) is 0.823. The highest BCUT2D eigenvalue weighted by Crippen LogP contribution is 2.23. The van der Waals surface area contributed by atoms with Crippen molar-refractivity contribution in [3.8, 4) is 0 Å². The summed E-state index contributed by atoms with van der Waals surface area (Å²) in [6, 6.07) is 6.96. The van der Waals surface area contributed by atoms with Crippen LogP contribution in [0.25, 0.3) is 0 Å². The topological polar surface area (TPSA) is 73.6 Å². The van der Waals surface area contributed by atoms with E-state index in [1.807, 2.05) is 0 Å². The summed E-state index contributed by atoms with van der Waals surface area (Å²) in [4.78, 5) is 11.8. The number of amides is 1. The summed E-state index contributed by atoms with van der Waals surface area (Å²) in [6.07, 6.45) is 3.44. The van der Waals surface area contributed by atoms with E-state index in [9.17, 15) is 4.79 Å². The molecule has 1 aliphatic rings. The van der Waals surface area contributed by atoms with Gasteiger partial charge < -0.3 is 15.2 Å². The highest BCUT2D eigenvalue weighted by atomic mass is 16.6. The molecule has 1 saturated carbocycles. The number of rotatable bonds is 3. The Balaban J connectivity index is 1.82. The minimum atomic E-state index is -0.425. The SMILES string of the molecule is COC1CCCC(OC(=O)Nc2ccc(N)cc2)C1. The zero-order valence-electron chi connectivity index (χ0n) is 11.1. The van der Waals surface area contributed by atoms with Crippen LogP contribution in [-0.2, 0) is 9.47 Å². The highest BCUT2D eigenvalue weighted by molar-refractivity contribution is 5.84. The summed E-state index contributed by atoms with van der Waals surface area (Å²) >= 11 is 0. The van der Waals surface area contributed by atoms with Gasteiger partial charge in [0.2, 0.25) is 0 Å². The Bertz CT molecular complexity index is 419. The van der Waals surface area contributed by atoms with Crippen molar-refractivity contribution in [3.63, 3.8) is 0 Å².